The SMILES string of the molecule is CC(C)(CN)SSCOCC#Cc1cn([C@H]2CC(ON)[C@@H](COP(=O)(O)OP(=O)(O)OP(=O)(O)O)O2)c(=O)[nH]c1=O. The molecule has 3 unspecified atom stereocenters. The quantitative estimate of drug-likeness (QED) is 0.0316. The molecule has 0 radical (unpaired) electrons. The molecule has 1 aliphatic rings. The van der Waals surface area contributed by atoms with E-state index >= 15 is 0 Å². The van der Waals surface area contributed by atoms with Crippen molar-refractivity contribution in [3.63, 3.8) is 0 Å². The fourth-order valence-corrected chi connectivity index (χ4v) is 8.03. The summed E-state index contributed by atoms with van der Waals surface area (Å²) in [5.41, 5.74) is 3.89. The summed E-state index contributed by atoms with van der Waals surface area (Å²) in [6.07, 6.45) is -2.48. The number of rotatable bonds is 15. The summed E-state index contributed by atoms with van der Waals surface area (Å²) in [6.45, 7) is 3.57. The van der Waals surface area contributed by atoms with E-state index in [0.717, 1.165) is 10.8 Å². The second kappa shape index (κ2) is 15.2. The molecule has 0 aromatic carbocycles. The van der Waals surface area contributed by atoms with E-state index in [1.165, 1.54) is 10.8 Å². The van der Waals surface area contributed by atoms with Gasteiger partial charge in [-0.3, -0.25) is 23.7 Å². The molecule has 1 aromatic heterocycles. The Bertz CT molecular complexity index is 1370. The van der Waals surface area contributed by atoms with Crippen LogP contribution in [-0.4, -0.2) is 71.8 Å². The summed E-state index contributed by atoms with van der Waals surface area (Å²) in [5, 5.41) is 0. The molecule has 2 rings (SSSR count). The maximum Gasteiger partial charge on any atom is 0.490 e. The third-order valence-electron chi connectivity index (χ3n) is 4.76. The number of phosphoric acid groups is 3. The van der Waals surface area contributed by atoms with Gasteiger partial charge in [-0.1, -0.05) is 33.4 Å². The number of hydrogen-bond acceptors (Lipinski definition) is 15. The maximum absolute atomic E-state index is 12.4. The lowest BCUT2D eigenvalue weighted by Crippen LogP contribution is -2.33. The van der Waals surface area contributed by atoms with Crippen LogP contribution in [0.4, 0.5) is 0 Å². The van der Waals surface area contributed by atoms with Crippen molar-refractivity contribution in [2.45, 2.75) is 43.5 Å². The summed E-state index contributed by atoms with van der Waals surface area (Å²) >= 11 is 0. The Morgan fingerprint density at radius 1 is 1.20 bits per heavy atom. The molecule has 1 saturated heterocycles. The third-order valence-corrected chi connectivity index (χ3v) is 11.6. The maximum atomic E-state index is 12.4. The molecule has 2 heterocycles. The number of nitrogens with two attached hydrogens (primary N) is 2. The molecule has 0 aliphatic carbocycles. The average Bonchev–Trinajstić information content (AvgIpc) is 3.24. The predicted octanol–water partition coefficient (Wildman–Crippen LogP) is -0.129. The van der Waals surface area contributed by atoms with Gasteiger partial charge in [0.1, 0.15) is 36.5 Å². The molecule has 0 spiro atoms. The third kappa shape index (κ3) is 12.7. The van der Waals surface area contributed by atoms with E-state index in [9.17, 15) is 33.1 Å². The van der Waals surface area contributed by atoms with E-state index < -0.39 is 59.8 Å². The van der Waals surface area contributed by atoms with E-state index in [-0.39, 0.29) is 23.3 Å². The van der Waals surface area contributed by atoms with Crippen LogP contribution in [-0.2, 0) is 41.2 Å². The summed E-state index contributed by atoms with van der Waals surface area (Å²) in [5.74, 6) is 10.8. The van der Waals surface area contributed by atoms with Gasteiger partial charge in [-0.05, 0) is 13.8 Å². The predicted molar refractivity (Wildman–Crippen MR) is 145 cm³/mol. The van der Waals surface area contributed by atoms with E-state index in [1.807, 2.05) is 13.8 Å². The van der Waals surface area contributed by atoms with E-state index in [4.69, 9.17) is 35.7 Å². The topological polar surface area (TPSA) is 294 Å². The number of nitrogens with zero attached hydrogens (tertiary/aromatic N) is 1. The first-order valence-electron chi connectivity index (χ1n) is 11.1. The fourth-order valence-electron chi connectivity index (χ4n) is 2.90. The van der Waals surface area contributed by atoms with Crippen molar-refractivity contribution in [1.29, 1.82) is 0 Å². The van der Waals surface area contributed by atoms with Gasteiger partial charge in [0.2, 0.25) is 0 Å². The number of hydrogen-bond donors (Lipinski definition) is 7. The Balaban J connectivity index is 2.04. The number of aromatic amines is 1. The second-order valence-electron chi connectivity index (χ2n) is 8.57. The minimum Gasteiger partial charge on any atom is -0.357 e. The summed E-state index contributed by atoms with van der Waals surface area (Å²) in [6, 6.07) is 0. The zero-order chi connectivity index (χ0) is 31.1. The normalized spacial score (nSPS) is 22.5. The molecule has 24 heteroatoms. The molecule has 0 bridgehead atoms. The van der Waals surface area contributed by atoms with Gasteiger partial charge < -0.3 is 34.8 Å². The van der Waals surface area contributed by atoms with Crippen LogP contribution in [0.15, 0.2) is 15.8 Å². The number of phosphoric ester groups is 1. The molecule has 41 heavy (non-hydrogen) atoms. The number of H-pyrrole nitrogens is 1. The van der Waals surface area contributed by atoms with E-state index in [0.29, 0.717) is 12.5 Å². The van der Waals surface area contributed by atoms with Gasteiger partial charge in [-0.15, -0.1) is 0 Å². The lowest BCUT2D eigenvalue weighted by molar-refractivity contribution is -0.0618. The van der Waals surface area contributed by atoms with Crippen LogP contribution in [0.2, 0.25) is 0 Å². The van der Waals surface area contributed by atoms with E-state index in [2.05, 4.69) is 30.0 Å². The van der Waals surface area contributed by atoms with Crippen molar-refractivity contribution < 1.29 is 60.7 Å². The van der Waals surface area contributed by atoms with Crippen LogP contribution < -0.4 is 22.9 Å². The highest BCUT2D eigenvalue weighted by Crippen LogP contribution is 2.66. The van der Waals surface area contributed by atoms with Crippen molar-refractivity contribution in [2.75, 3.05) is 25.7 Å². The Morgan fingerprint density at radius 3 is 2.49 bits per heavy atom. The van der Waals surface area contributed by atoms with Crippen LogP contribution in [0.25, 0.3) is 0 Å². The lowest BCUT2D eigenvalue weighted by atomic mass is 10.2. The van der Waals surface area contributed by atoms with Crippen molar-refractivity contribution in [2.24, 2.45) is 11.6 Å². The van der Waals surface area contributed by atoms with Crippen molar-refractivity contribution in [3.05, 3.63) is 32.6 Å². The van der Waals surface area contributed by atoms with Crippen molar-refractivity contribution >= 4 is 45.1 Å². The molecule has 9 N–H and O–H groups in total. The van der Waals surface area contributed by atoms with Gasteiger partial charge >= 0.3 is 29.2 Å². The number of ether oxygens (including phenoxy) is 2. The number of nitrogens with one attached hydrogen (secondary N) is 1. The molecule has 19 nitrogen and oxygen atoms in total. The minimum absolute atomic E-state index is 0.0130. The Labute approximate surface area is 240 Å². The van der Waals surface area contributed by atoms with Crippen LogP contribution in [0.1, 0.15) is 32.1 Å². The zero-order valence-corrected chi connectivity index (χ0v) is 25.7. The van der Waals surface area contributed by atoms with Gasteiger partial charge in [0.15, 0.2) is 0 Å². The minimum atomic E-state index is -5.73. The standard InChI is InChI=1S/C17H29N4O15P3S2/c1-17(2,9-18)41-40-10-31-5-3-4-11-7-21(16(23)20-15(11)22)14-6-12(34-19)13(33-14)8-32-38(27,28)36-39(29,30)35-37(24,25)26/h7,12-14H,5-6,8-10,18-19H2,1-2H3,(H,27,28)(H,29,30)(H,20,22,23)(H2,24,25,26)/t12?,13-,14-/m1/s1. The monoisotopic (exact) mass is 686 g/mol. The fraction of sp³-hybridized carbons (Fsp3) is 0.647. The molecular formula is C17H29N4O15P3S2. The van der Waals surface area contributed by atoms with E-state index in [1.54, 1.807) is 10.8 Å². The van der Waals surface area contributed by atoms with Gasteiger partial charge in [-0.2, -0.15) is 8.62 Å². The van der Waals surface area contributed by atoms with Gasteiger partial charge in [0.25, 0.3) is 5.56 Å². The zero-order valence-electron chi connectivity index (χ0n) is 21.4. The van der Waals surface area contributed by atoms with Gasteiger partial charge in [-0.25, -0.2) is 24.4 Å². The Hall–Kier alpha value is -0.850. The molecule has 0 saturated carbocycles. The molecule has 1 fully saturated rings. The molecule has 0 amide bonds. The van der Waals surface area contributed by atoms with Crippen LogP contribution >= 0.6 is 45.1 Å². The van der Waals surface area contributed by atoms with Crippen LogP contribution in [0, 0.1) is 11.8 Å². The molecule has 234 valence electrons. The molecule has 1 aromatic rings. The van der Waals surface area contributed by atoms with Gasteiger partial charge in [0.05, 0.1) is 6.61 Å². The summed E-state index contributed by atoms with van der Waals surface area (Å²) in [4.78, 5) is 67.5. The molecule has 1 aliphatic heterocycles. The highest BCUT2D eigenvalue weighted by molar-refractivity contribution is 8.77. The van der Waals surface area contributed by atoms with Crippen LogP contribution in [0.3, 0.4) is 0 Å². The highest BCUT2D eigenvalue weighted by Gasteiger charge is 2.43. The summed E-state index contributed by atoms with van der Waals surface area (Å²) < 4.78 is 57.8. The first-order valence-corrected chi connectivity index (χ1v) is 17.9. The van der Waals surface area contributed by atoms with Crippen molar-refractivity contribution in [3.8, 4) is 11.8 Å². The van der Waals surface area contributed by atoms with Crippen molar-refractivity contribution in [1.82, 2.24) is 9.55 Å². The first-order chi connectivity index (χ1) is 18.9. The number of aromatic nitrogens is 2. The first kappa shape index (κ1) is 36.3. The highest BCUT2D eigenvalue weighted by atomic mass is 33.1. The average molecular weight is 686 g/mol. The molecule has 5 atom stereocenters. The Kier molecular flexibility index (Phi) is 13.5. The largest absolute Gasteiger partial charge is 0.490 e. The second-order valence-corrected chi connectivity index (χ2v) is 15.9. The Morgan fingerprint density at radius 2 is 1.88 bits per heavy atom. The lowest BCUT2D eigenvalue weighted by Gasteiger charge is -2.20. The van der Waals surface area contributed by atoms with Crippen LogP contribution in [0.5, 0.6) is 0 Å². The smallest absolute Gasteiger partial charge is 0.357 e. The molecular weight excluding hydrogens is 657 g/mol. The van der Waals surface area contributed by atoms with Gasteiger partial charge in [0, 0.05) is 23.9 Å². The summed E-state index contributed by atoms with van der Waals surface area (Å²) in [7, 11) is -13.7.